The molecule has 0 saturated heterocycles. The Balaban J connectivity index is 2.44. The molecule has 3 atom stereocenters. The average Bonchev–Trinajstić information content (AvgIpc) is 2.71. The van der Waals surface area contributed by atoms with Crippen molar-refractivity contribution >= 4 is 44.0 Å². The monoisotopic (exact) mass is 547 g/mol. The maximum Gasteiger partial charge on any atom is 0.330 e. The predicted molar refractivity (Wildman–Crippen MR) is 143 cm³/mol. The van der Waals surface area contributed by atoms with E-state index >= 15 is 0 Å². The summed E-state index contributed by atoms with van der Waals surface area (Å²) in [4.78, 5) is 34.8. The molecule has 0 heterocycles. The van der Waals surface area contributed by atoms with Gasteiger partial charge in [-0.15, -0.1) is 0 Å². The van der Waals surface area contributed by atoms with Crippen LogP contribution in [0.15, 0.2) is 12.2 Å². The molecule has 0 aromatic carbocycles. The molecule has 0 aromatic heterocycles. The molecular formula is C23H45NO8Si3. The van der Waals surface area contributed by atoms with Crippen LogP contribution in [0.5, 0.6) is 0 Å². The molecule has 202 valence electrons. The summed E-state index contributed by atoms with van der Waals surface area (Å²) in [5.41, 5.74) is 0. The molecule has 0 bridgehead atoms. The minimum Gasteiger partial charge on any atom is -0.466 e. The SMILES string of the molecule is COC(=O)/C=C/C(=O)NCCC(=O)OC1CC(CC[SiH2]C(O[Si](C)(C)C)O[Si](C)(C)C)CCC1O. The Labute approximate surface area is 214 Å². The summed E-state index contributed by atoms with van der Waals surface area (Å²) in [7, 11) is -2.74. The molecule has 12 heteroatoms. The zero-order valence-electron chi connectivity index (χ0n) is 22.4. The van der Waals surface area contributed by atoms with Crippen LogP contribution in [0, 0.1) is 5.92 Å². The predicted octanol–water partition coefficient (Wildman–Crippen LogP) is 2.26. The van der Waals surface area contributed by atoms with Gasteiger partial charge in [-0.25, -0.2) is 4.79 Å². The number of carbonyl (C=O) groups excluding carboxylic acids is 3. The number of methoxy groups -OCH3 is 1. The number of esters is 2. The number of hydrogen-bond donors (Lipinski definition) is 2. The number of hydrogen-bond acceptors (Lipinski definition) is 8. The van der Waals surface area contributed by atoms with Crippen LogP contribution in [0.1, 0.15) is 32.1 Å². The van der Waals surface area contributed by atoms with Gasteiger partial charge in [0.1, 0.15) is 12.0 Å². The third-order valence-electron chi connectivity index (χ3n) is 5.37. The molecule has 0 spiro atoms. The van der Waals surface area contributed by atoms with E-state index in [0.29, 0.717) is 18.8 Å². The lowest BCUT2D eigenvalue weighted by molar-refractivity contribution is -0.159. The minimum atomic E-state index is -1.69. The van der Waals surface area contributed by atoms with Crippen LogP contribution in [0.2, 0.25) is 45.3 Å². The smallest absolute Gasteiger partial charge is 0.330 e. The van der Waals surface area contributed by atoms with Gasteiger partial charge < -0.3 is 28.7 Å². The van der Waals surface area contributed by atoms with Gasteiger partial charge >= 0.3 is 11.9 Å². The summed E-state index contributed by atoms with van der Waals surface area (Å²) in [6, 6.07) is 1.09. The normalized spacial score (nSPS) is 21.6. The molecular weight excluding hydrogens is 503 g/mol. The van der Waals surface area contributed by atoms with E-state index in [1.54, 1.807) is 0 Å². The van der Waals surface area contributed by atoms with Crippen LogP contribution in [-0.4, -0.2) is 80.9 Å². The lowest BCUT2D eigenvalue weighted by Gasteiger charge is -2.34. The highest BCUT2D eigenvalue weighted by Crippen LogP contribution is 2.30. The first-order valence-electron chi connectivity index (χ1n) is 12.5. The van der Waals surface area contributed by atoms with Gasteiger partial charge in [-0.3, -0.25) is 9.59 Å². The molecule has 0 aliphatic heterocycles. The van der Waals surface area contributed by atoms with Crippen molar-refractivity contribution in [2.24, 2.45) is 5.92 Å². The quantitative estimate of drug-likeness (QED) is 0.147. The van der Waals surface area contributed by atoms with Gasteiger partial charge in [-0.05, 0) is 64.5 Å². The van der Waals surface area contributed by atoms with Gasteiger partial charge in [0, 0.05) is 18.7 Å². The van der Waals surface area contributed by atoms with E-state index in [0.717, 1.165) is 31.0 Å². The summed E-state index contributed by atoms with van der Waals surface area (Å²) >= 11 is 0. The van der Waals surface area contributed by atoms with Crippen molar-refractivity contribution in [1.82, 2.24) is 5.32 Å². The highest BCUT2D eigenvalue weighted by atomic mass is 28.4. The largest absolute Gasteiger partial charge is 0.466 e. The number of carbonyl (C=O) groups is 3. The van der Waals surface area contributed by atoms with Crippen molar-refractivity contribution in [2.45, 2.75) is 95.6 Å². The van der Waals surface area contributed by atoms with E-state index in [1.165, 1.54) is 7.11 Å². The van der Waals surface area contributed by atoms with Crippen LogP contribution < -0.4 is 5.32 Å². The second kappa shape index (κ2) is 15.1. The Morgan fingerprint density at radius 1 is 1.06 bits per heavy atom. The summed E-state index contributed by atoms with van der Waals surface area (Å²) in [5, 5.41) is 12.9. The summed E-state index contributed by atoms with van der Waals surface area (Å²) in [6.45, 7) is 13.2. The van der Waals surface area contributed by atoms with Crippen molar-refractivity contribution in [3.8, 4) is 0 Å². The van der Waals surface area contributed by atoms with E-state index in [1.807, 2.05) is 0 Å². The topological polar surface area (TPSA) is 120 Å². The molecule has 0 aromatic rings. The minimum absolute atomic E-state index is 0.0116. The molecule has 0 radical (unpaired) electrons. The lowest BCUT2D eigenvalue weighted by Crippen LogP contribution is -2.43. The number of aliphatic hydroxyl groups is 1. The Morgan fingerprint density at radius 2 is 1.69 bits per heavy atom. The number of ether oxygens (including phenoxy) is 2. The molecule has 9 nitrogen and oxygen atoms in total. The molecule has 1 aliphatic carbocycles. The van der Waals surface area contributed by atoms with E-state index in [2.05, 4.69) is 49.3 Å². The van der Waals surface area contributed by atoms with Crippen molar-refractivity contribution in [1.29, 1.82) is 0 Å². The average molecular weight is 548 g/mol. The lowest BCUT2D eigenvalue weighted by atomic mass is 9.84. The standard InChI is InChI=1S/C23H45NO8Si3/c1-29-21(27)11-10-20(26)24-14-12-22(28)30-19-16-17(8-9-18(19)25)13-15-33-23(31-34(2,3)4)32-35(5,6)7/h10-11,17-19,23,25H,8-9,12-16,33H2,1-7H3,(H,24,26)/b11-10+. The number of rotatable bonds is 14. The van der Waals surface area contributed by atoms with Crippen LogP contribution in [0.3, 0.4) is 0 Å². The number of amides is 1. The first-order chi connectivity index (χ1) is 16.2. The Bertz CT molecular complexity index is 705. The third-order valence-corrected chi connectivity index (χ3v) is 9.60. The second-order valence-electron chi connectivity index (χ2n) is 11.0. The molecule has 1 saturated carbocycles. The van der Waals surface area contributed by atoms with Crippen molar-refractivity contribution in [2.75, 3.05) is 13.7 Å². The van der Waals surface area contributed by atoms with Crippen molar-refractivity contribution < 1.29 is 37.8 Å². The van der Waals surface area contributed by atoms with Gasteiger partial charge in [0.2, 0.25) is 5.91 Å². The van der Waals surface area contributed by atoms with Gasteiger partial charge in [0.05, 0.1) is 29.2 Å². The van der Waals surface area contributed by atoms with E-state index in [-0.39, 0.29) is 18.9 Å². The van der Waals surface area contributed by atoms with E-state index in [4.69, 9.17) is 13.6 Å². The fourth-order valence-electron chi connectivity index (χ4n) is 3.87. The summed E-state index contributed by atoms with van der Waals surface area (Å²) in [5.74, 6) is -1.24. The van der Waals surface area contributed by atoms with Gasteiger partial charge in [0.15, 0.2) is 16.6 Å². The fraction of sp³-hybridized carbons (Fsp3) is 0.783. The number of aliphatic hydroxyl groups excluding tert-OH is 1. The van der Waals surface area contributed by atoms with Crippen LogP contribution in [-0.2, 0) is 32.7 Å². The van der Waals surface area contributed by atoms with Gasteiger partial charge in [-0.1, -0.05) is 12.5 Å². The van der Waals surface area contributed by atoms with Crippen LogP contribution in [0.25, 0.3) is 0 Å². The van der Waals surface area contributed by atoms with Crippen molar-refractivity contribution in [3.05, 3.63) is 12.2 Å². The highest BCUT2D eigenvalue weighted by molar-refractivity contribution is 6.71. The molecule has 1 fully saturated rings. The molecule has 2 N–H and O–H groups in total. The zero-order valence-corrected chi connectivity index (χ0v) is 25.8. The summed E-state index contributed by atoms with van der Waals surface area (Å²) in [6.07, 6.45) is 4.05. The Hall–Kier alpha value is -1.32. The maximum atomic E-state index is 12.2. The first-order valence-corrected chi connectivity index (χ1v) is 21.1. The molecule has 1 aliphatic rings. The molecule has 3 unspecified atom stereocenters. The maximum absolute atomic E-state index is 12.2. The molecule has 1 rings (SSSR count). The van der Waals surface area contributed by atoms with E-state index < -0.39 is 56.2 Å². The summed E-state index contributed by atoms with van der Waals surface area (Å²) < 4.78 is 22.6. The highest BCUT2D eigenvalue weighted by Gasteiger charge is 2.32. The fourth-order valence-corrected chi connectivity index (χ4v) is 10.7. The van der Waals surface area contributed by atoms with Crippen LogP contribution >= 0.6 is 0 Å². The first kappa shape index (κ1) is 31.7. The Kier molecular flexibility index (Phi) is 13.6. The van der Waals surface area contributed by atoms with Crippen LogP contribution in [0.4, 0.5) is 0 Å². The van der Waals surface area contributed by atoms with Crippen molar-refractivity contribution in [3.63, 3.8) is 0 Å². The molecule has 1 amide bonds. The van der Waals surface area contributed by atoms with Gasteiger partial charge in [0.25, 0.3) is 0 Å². The number of nitrogens with one attached hydrogen (secondary N) is 1. The second-order valence-corrected chi connectivity index (χ2v) is 21.9. The zero-order chi connectivity index (χ0) is 26.6. The third kappa shape index (κ3) is 15.4. The van der Waals surface area contributed by atoms with Gasteiger partial charge in [-0.2, -0.15) is 0 Å². The molecule has 35 heavy (non-hydrogen) atoms. The Morgan fingerprint density at radius 3 is 2.26 bits per heavy atom. The van der Waals surface area contributed by atoms with E-state index in [9.17, 15) is 19.5 Å².